The fourth-order valence-electron chi connectivity index (χ4n) is 9.58. The quantitative estimate of drug-likeness (QED) is 0.0320. The Kier molecular flexibility index (Phi) is 60.0. The van der Waals surface area contributed by atoms with E-state index in [0.717, 1.165) is 57.8 Å². The number of rotatable bonds is 59. The first kappa shape index (κ1) is 70.6. The van der Waals surface area contributed by atoms with Gasteiger partial charge in [-0.15, -0.1) is 0 Å². The molecule has 0 spiro atoms. The zero-order valence-corrected chi connectivity index (χ0v) is 48.6. The maximum Gasteiger partial charge on any atom is 0.305 e. The molecule has 0 aromatic carbocycles. The number of esters is 1. The first-order valence-corrected chi connectivity index (χ1v) is 32.1. The summed E-state index contributed by atoms with van der Waals surface area (Å²) in [6.45, 7) is 4.86. The monoisotopic (exact) mass is 1020 g/mol. The van der Waals surface area contributed by atoms with Crippen LogP contribution in [0.1, 0.15) is 328 Å². The Morgan fingerprint density at radius 3 is 1.07 bits per heavy atom. The van der Waals surface area contributed by atoms with Gasteiger partial charge in [0.2, 0.25) is 5.91 Å². The average Bonchev–Trinajstić information content (AvgIpc) is 3.39. The average molecular weight is 1020 g/mol. The van der Waals surface area contributed by atoms with Crippen LogP contribution < -0.4 is 5.32 Å². The van der Waals surface area contributed by atoms with E-state index in [-0.39, 0.29) is 18.5 Å². The topological polar surface area (TPSA) is 95.9 Å². The molecule has 0 aromatic heterocycles. The van der Waals surface area contributed by atoms with E-state index >= 15 is 0 Å². The van der Waals surface area contributed by atoms with Crippen LogP contribution in [0.15, 0.2) is 60.8 Å². The van der Waals surface area contributed by atoms with E-state index in [1.54, 1.807) is 6.08 Å². The van der Waals surface area contributed by atoms with Gasteiger partial charge in [-0.05, 0) is 96.3 Å². The maximum absolute atomic E-state index is 12.4. The van der Waals surface area contributed by atoms with Gasteiger partial charge in [0.15, 0.2) is 0 Å². The number of hydrogen-bond donors (Lipinski definition) is 3. The highest BCUT2D eigenvalue weighted by molar-refractivity contribution is 5.76. The number of hydrogen-bond acceptors (Lipinski definition) is 5. The van der Waals surface area contributed by atoms with Crippen molar-refractivity contribution in [3.05, 3.63) is 60.8 Å². The van der Waals surface area contributed by atoms with Crippen LogP contribution >= 0.6 is 0 Å². The first-order valence-electron chi connectivity index (χ1n) is 32.1. The largest absolute Gasteiger partial charge is 0.466 e. The molecule has 0 bridgehead atoms. The maximum atomic E-state index is 12.4. The third-order valence-electron chi connectivity index (χ3n) is 14.5. The summed E-state index contributed by atoms with van der Waals surface area (Å²) in [5.74, 6) is -0.0728. The summed E-state index contributed by atoms with van der Waals surface area (Å²) in [5.41, 5.74) is 0. The Morgan fingerprint density at radius 2 is 0.685 bits per heavy atom. The lowest BCUT2D eigenvalue weighted by Crippen LogP contribution is -2.45. The van der Waals surface area contributed by atoms with E-state index < -0.39 is 12.1 Å². The standard InChI is InChI=1S/C67H123NO5/c1-3-5-7-9-11-13-15-17-33-37-41-45-49-53-57-61-67(72)73-62-58-54-50-46-42-38-35-32-30-28-26-24-22-20-18-19-21-23-25-27-29-31-34-36-40-44-48-52-56-60-66(71)68-64(63-69)65(70)59-55-51-47-43-39-16-14-12-10-8-6-4-2/h11,13,17-18,20,24,26,33,55,59,64-65,69-70H,3-10,12,14-16,19,21-23,25,27-32,34-54,56-58,60-63H2,1-2H3,(H,68,71)/b13-11-,20-18-,26-24-,33-17-,59-55+. The van der Waals surface area contributed by atoms with Crippen molar-refractivity contribution in [2.45, 2.75) is 341 Å². The molecule has 2 atom stereocenters. The Hall–Kier alpha value is -2.44. The smallest absolute Gasteiger partial charge is 0.305 e. The van der Waals surface area contributed by atoms with Gasteiger partial charge in [0.05, 0.1) is 25.4 Å². The van der Waals surface area contributed by atoms with Crippen LogP contribution in [0.25, 0.3) is 0 Å². The fraction of sp³-hybridized carbons (Fsp3) is 0.821. The number of amides is 1. The molecule has 0 saturated carbocycles. The van der Waals surface area contributed by atoms with Crippen molar-refractivity contribution < 1.29 is 24.5 Å². The number of unbranched alkanes of at least 4 members (excludes halogenated alkanes) is 40. The molecular formula is C67H123NO5. The molecule has 1 amide bonds. The van der Waals surface area contributed by atoms with Gasteiger partial charge in [0.25, 0.3) is 0 Å². The van der Waals surface area contributed by atoms with Gasteiger partial charge in [-0.25, -0.2) is 0 Å². The highest BCUT2D eigenvalue weighted by atomic mass is 16.5. The summed E-state index contributed by atoms with van der Waals surface area (Å²) in [7, 11) is 0. The van der Waals surface area contributed by atoms with Crippen molar-refractivity contribution in [2.24, 2.45) is 0 Å². The predicted molar refractivity (Wildman–Crippen MR) is 319 cm³/mol. The molecule has 73 heavy (non-hydrogen) atoms. The van der Waals surface area contributed by atoms with Crippen LogP contribution in [0, 0.1) is 0 Å². The Balaban J connectivity index is 3.42. The van der Waals surface area contributed by atoms with Gasteiger partial charge in [-0.1, -0.05) is 280 Å². The van der Waals surface area contributed by atoms with Crippen LogP contribution in [0.5, 0.6) is 0 Å². The fourth-order valence-corrected chi connectivity index (χ4v) is 9.58. The van der Waals surface area contributed by atoms with Crippen molar-refractivity contribution in [1.29, 1.82) is 0 Å². The van der Waals surface area contributed by atoms with Gasteiger partial charge < -0.3 is 20.3 Å². The van der Waals surface area contributed by atoms with E-state index in [1.807, 2.05) is 6.08 Å². The number of aliphatic hydroxyl groups excluding tert-OH is 2. The van der Waals surface area contributed by atoms with Gasteiger partial charge in [0.1, 0.15) is 0 Å². The Bertz CT molecular complexity index is 1270. The normalized spacial score (nSPS) is 13.0. The molecule has 2 unspecified atom stereocenters. The van der Waals surface area contributed by atoms with E-state index in [1.165, 1.54) is 244 Å². The van der Waals surface area contributed by atoms with Crippen LogP contribution in [-0.2, 0) is 14.3 Å². The molecule has 0 aromatic rings. The van der Waals surface area contributed by atoms with Gasteiger partial charge in [0, 0.05) is 12.8 Å². The highest BCUT2D eigenvalue weighted by Crippen LogP contribution is 2.16. The Labute approximate surface area is 454 Å². The second-order valence-corrected chi connectivity index (χ2v) is 21.7. The molecule has 6 nitrogen and oxygen atoms in total. The van der Waals surface area contributed by atoms with Gasteiger partial charge in [-0.2, -0.15) is 0 Å². The number of nitrogens with one attached hydrogen (secondary N) is 1. The molecule has 0 aliphatic carbocycles. The summed E-state index contributed by atoms with van der Waals surface area (Å²) < 4.78 is 5.48. The second-order valence-electron chi connectivity index (χ2n) is 21.7. The number of ether oxygens (including phenoxy) is 1. The summed E-state index contributed by atoms with van der Waals surface area (Å²) in [5, 5.41) is 23.1. The summed E-state index contributed by atoms with van der Waals surface area (Å²) in [6.07, 6.45) is 81.3. The first-order chi connectivity index (χ1) is 36.0. The molecule has 0 aliphatic rings. The summed E-state index contributed by atoms with van der Waals surface area (Å²) >= 11 is 0. The van der Waals surface area contributed by atoms with Crippen LogP contribution in [0.3, 0.4) is 0 Å². The lowest BCUT2D eigenvalue weighted by molar-refractivity contribution is -0.143. The second kappa shape index (κ2) is 62.1. The summed E-state index contributed by atoms with van der Waals surface area (Å²) in [6, 6.07) is -0.629. The van der Waals surface area contributed by atoms with E-state index in [4.69, 9.17) is 4.74 Å². The number of carbonyl (C=O) groups excluding carboxylic acids is 2. The predicted octanol–water partition coefficient (Wildman–Crippen LogP) is 20.3. The molecule has 0 saturated heterocycles. The minimum atomic E-state index is -0.845. The van der Waals surface area contributed by atoms with E-state index in [9.17, 15) is 19.8 Å². The summed E-state index contributed by atoms with van der Waals surface area (Å²) in [4.78, 5) is 24.5. The third kappa shape index (κ3) is 58.7. The third-order valence-corrected chi connectivity index (χ3v) is 14.5. The van der Waals surface area contributed by atoms with Crippen molar-refractivity contribution in [3.63, 3.8) is 0 Å². The van der Waals surface area contributed by atoms with Crippen molar-refractivity contribution in [2.75, 3.05) is 13.2 Å². The minimum Gasteiger partial charge on any atom is -0.466 e. The highest BCUT2D eigenvalue weighted by Gasteiger charge is 2.18. The zero-order valence-electron chi connectivity index (χ0n) is 48.6. The van der Waals surface area contributed by atoms with Crippen molar-refractivity contribution >= 4 is 11.9 Å². The Morgan fingerprint density at radius 1 is 0.384 bits per heavy atom. The molecule has 0 heterocycles. The lowest BCUT2D eigenvalue weighted by Gasteiger charge is -2.20. The van der Waals surface area contributed by atoms with Crippen LogP contribution in [-0.4, -0.2) is 47.4 Å². The number of allylic oxidation sites excluding steroid dienone is 9. The molecule has 0 aliphatic heterocycles. The molecule has 0 radical (unpaired) electrons. The molecule has 0 fully saturated rings. The van der Waals surface area contributed by atoms with Crippen molar-refractivity contribution in [1.82, 2.24) is 5.32 Å². The molecular weight excluding hydrogens is 899 g/mol. The van der Waals surface area contributed by atoms with E-state index in [0.29, 0.717) is 19.4 Å². The number of carbonyl (C=O) groups is 2. The SMILES string of the molecule is CCCCC/C=C\C/C=C\CCCCCCCC(=O)OCCCCCCCCCCC/C=C\C/C=C\CCCCCCCCCCCCCCCC(=O)NC(CO)C(O)/C=C/CCCCCCCCCCCC. The lowest BCUT2D eigenvalue weighted by atomic mass is 10.0. The van der Waals surface area contributed by atoms with Crippen LogP contribution in [0.4, 0.5) is 0 Å². The zero-order chi connectivity index (χ0) is 52.9. The molecule has 6 heteroatoms. The van der Waals surface area contributed by atoms with E-state index in [2.05, 4.69) is 67.8 Å². The van der Waals surface area contributed by atoms with Gasteiger partial charge in [-0.3, -0.25) is 9.59 Å². The van der Waals surface area contributed by atoms with Crippen LogP contribution in [0.2, 0.25) is 0 Å². The number of aliphatic hydroxyl groups is 2. The molecule has 0 rings (SSSR count). The minimum absolute atomic E-state index is 0.00294. The molecule has 426 valence electrons. The molecule has 3 N–H and O–H groups in total. The van der Waals surface area contributed by atoms with Crippen molar-refractivity contribution in [3.8, 4) is 0 Å². The van der Waals surface area contributed by atoms with Gasteiger partial charge >= 0.3 is 5.97 Å².